The summed E-state index contributed by atoms with van der Waals surface area (Å²) in [5.74, 6) is -0.164. The number of likely N-dealkylation sites (tertiary alicyclic amines) is 1. The average Bonchev–Trinajstić information content (AvgIpc) is 3.08. The maximum Gasteiger partial charge on any atom is 0.183 e. The van der Waals surface area contributed by atoms with Crippen molar-refractivity contribution in [3.63, 3.8) is 0 Å². The van der Waals surface area contributed by atoms with Gasteiger partial charge in [-0.1, -0.05) is 12.8 Å². The van der Waals surface area contributed by atoms with E-state index in [-0.39, 0.29) is 17.1 Å². The van der Waals surface area contributed by atoms with Crippen molar-refractivity contribution >= 4 is 5.78 Å². The van der Waals surface area contributed by atoms with Crippen molar-refractivity contribution in [2.45, 2.75) is 51.0 Å². The van der Waals surface area contributed by atoms with E-state index in [1.807, 2.05) is 13.0 Å². The lowest BCUT2D eigenvalue weighted by Gasteiger charge is -2.37. The zero-order valence-electron chi connectivity index (χ0n) is 12.1. The summed E-state index contributed by atoms with van der Waals surface area (Å²) in [5, 5.41) is 0. The van der Waals surface area contributed by atoms with Gasteiger partial charge >= 0.3 is 0 Å². The molecule has 2 fully saturated rings. The Hall–Kier alpha value is -1.22. The third-order valence-electron chi connectivity index (χ3n) is 4.87. The Bertz CT molecular complexity index is 493. The minimum absolute atomic E-state index is 0.138. The number of benzene rings is 1. The van der Waals surface area contributed by atoms with Crippen LogP contribution in [0.2, 0.25) is 0 Å². The van der Waals surface area contributed by atoms with E-state index in [0.29, 0.717) is 5.56 Å². The summed E-state index contributed by atoms with van der Waals surface area (Å²) in [6.07, 6.45) is 6.43. The number of aryl methyl sites for hydroxylation is 1. The predicted octanol–water partition coefficient (Wildman–Crippen LogP) is 3.73. The molecule has 3 rings (SSSR count). The van der Waals surface area contributed by atoms with Crippen molar-refractivity contribution in [1.29, 1.82) is 0 Å². The van der Waals surface area contributed by atoms with Gasteiger partial charge in [-0.25, -0.2) is 4.39 Å². The molecule has 1 aliphatic carbocycles. The molecule has 108 valence electrons. The number of halogens is 1. The van der Waals surface area contributed by atoms with Crippen LogP contribution >= 0.6 is 0 Å². The van der Waals surface area contributed by atoms with E-state index in [1.165, 1.54) is 25.0 Å². The Morgan fingerprint density at radius 3 is 2.35 bits per heavy atom. The largest absolute Gasteiger partial charge is 0.292 e. The van der Waals surface area contributed by atoms with Crippen LogP contribution in [0, 0.1) is 12.7 Å². The molecule has 0 spiro atoms. The fourth-order valence-corrected chi connectivity index (χ4v) is 3.93. The average molecular weight is 275 g/mol. The second kappa shape index (κ2) is 5.28. The van der Waals surface area contributed by atoms with E-state index < -0.39 is 0 Å². The first-order valence-corrected chi connectivity index (χ1v) is 7.69. The van der Waals surface area contributed by atoms with Gasteiger partial charge in [0, 0.05) is 5.56 Å². The number of carbonyl (C=O) groups is 1. The zero-order chi connectivity index (χ0) is 14.2. The highest BCUT2D eigenvalue weighted by molar-refractivity contribution is 6.03. The summed E-state index contributed by atoms with van der Waals surface area (Å²) < 4.78 is 13.6. The van der Waals surface area contributed by atoms with Crippen molar-refractivity contribution in [3.05, 3.63) is 35.1 Å². The van der Waals surface area contributed by atoms with Crippen molar-refractivity contribution in [1.82, 2.24) is 4.90 Å². The second-order valence-electron chi connectivity index (χ2n) is 6.28. The molecular weight excluding hydrogens is 253 g/mol. The fraction of sp³-hybridized carbons (Fsp3) is 0.588. The van der Waals surface area contributed by atoms with Gasteiger partial charge in [-0.2, -0.15) is 0 Å². The lowest BCUT2D eigenvalue weighted by atomic mass is 9.85. The Morgan fingerprint density at radius 1 is 1.10 bits per heavy atom. The standard InChI is InChI=1S/C17H22FNO/c1-13-10-14(12-15(18)11-13)16(20)17(6-2-3-7-17)19-8-4-5-9-19/h10-12H,2-9H2,1H3. The number of hydrogen-bond donors (Lipinski definition) is 0. The maximum absolute atomic E-state index is 13.6. The minimum atomic E-state index is -0.350. The fourth-order valence-electron chi connectivity index (χ4n) is 3.93. The molecule has 1 saturated heterocycles. The molecule has 0 bridgehead atoms. The predicted molar refractivity (Wildman–Crippen MR) is 77.5 cm³/mol. The first-order valence-electron chi connectivity index (χ1n) is 7.69. The second-order valence-corrected chi connectivity index (χ2v) is 6.28. The Morgan fingerprint density at radius 2 is 1.75 bits per heavy atom. The van der Waals surface area contributed by atoms with Gasteiger partial charge < -0.3 is 0 Å². The van der Waals surface area contributed by atoms with E-state index in [2.05, 4.69) is 4.90 Å². The topological polar surface area (TPSA) is 20.3 Å². The molecule has 20 heavy (non-hydrogen) atoms. The van der Waals surface area contributed by atoms with Crippen LogP contribution in [0.5, 0.6) is 0 Å². The summed E-state index contributed by atoms with van der Waals surface area (Å²) >= 11 is 0. The summed E-state index contributed by atoms with van der Waals surface area (Å²) in [4.78, 5) is 15.4. The number of nitrogens with zero attached hydrogens (tertiary/aromatic N) is 1. The zero-order valence-corrected chi connectivity index (χ0v) is 12.1. The summed E-state index contributed by atoms with van der Waals surface area (Å²) in [6.45, 7) is 3.87. The van der Waals surface area contributed by atoms with Gasteiger partial charge in [-0.15, -0.1) is 0 Å². The third kappa shape index (κ3) is 2.28. The van der Waals surface area contributed by atoms with E-state index in [9.17, 15) is 9.18 Å². The first-order chi connectivity index (χ1) is 9.62. The Kier molecular flexibility index (Phi) is 3.63. The van der Waals surface area contributed by atoms with Crippen LogP contribution in [0.1, 0.15) is 54.4 Å². The van der Waals surface area contributed by atoms with Crippen LogP contribution in [0.25, 0.3) is 0 Å². The van der Waals surface area contributed by atoms with Gasteiger partial charge in [0.25, 0.3) is 0 Å². The van der Waals surface area contributed by atoms with Gasteiger partial charge in [-0.3, -0.25) is 9.69 Å². The maximum atomic E-state index is 13.6. The molecule has 0 atom stereocenters. The molecule has 1 heterocycles. The van der Waals surface area contributed by atoms with Crippen LogP contribution < -0.4 is 0 Å². The number of hydrogen-bond acceptors (Lipinski definition) is 2. The lowest BCUT2D eigenvalue weighted by molar-refractivity contribution is 0.0626. The normalized spacial score (nSPS) is 22.3. The van der Waals surface area contributed by atoms with Crippen LogP contribution in [0.4, 0.5) is 4.39 Å². The van der Waals surface area contributed by atoms with Gasteiger partial charge in [0.1, 0.15) is 5.82 Å². The van der Waals surface area contributed by atoms with Gasteiger partial charge in [0.05, 0.1) is 5.54 Å². The highest BCUT2D eigenvalue weighted by Gasteiger charge is 2.46. The monoisotopic (exact) mass is 275 g/mol. The molecular formula is C17H22FNO. The molecule has 0 aromatic heterocycles. The van der Waals surface area contributed by atoms with Crippen molar-refractivity contribution < 1.29 is 9.18 Å². The minimum Gasteiger partial charge on any atom is -0.292 e. The molecule has 0 N–H and O–H groups in total. The molecule has 1 aromatic carbocycles. The quantitative estimate of drug-likeness (QED) is 0.783. The van der Waals surface area contributed by atoms with Crippen molar-refractivity contribution in [2.24, 2.45) is 0 Å². The van der Waals surface area contributed by atoms with Crippen LogP contribution in [-0.4, -0.2) is 29.3 Å². The van der Waals surface area contributed by atoms with E-state index >= 15 is 0 Å². The first kappa shape index (κ1) is 13.7. The third-order valence-corrected chi connectivity index (χ3v) is 4.87. The molecule has 3 heteroatoms. The highest BCUT2D eigenvalue weighted by atomic mass is 19.1. The lowest BCUT2D eigenvalue weighted by Crippen LogP contribution is -2.51. The van der Waals surface area contributed by atoms with Gasteiger partial charge in [0.2, 0.25) is 0 Å². The van der Waals surface area contributed by atoms with Gasteiger partial charge in [-0.05, 0) is 69.5 Å². The molecule has 2 nitrogen and oxygen atoms in total. The SMILES string of the molecule is Cc1cc(F)cc(C(=O)C2(N3CCCC3)CCCC2)c1. The van der Waals surface area contributed by atoms with Crippen molar-refractivity contribution in [3.8, 4) is 0 Å². The molecule has 1 saturated carbocycles. The Labute approximate surface area is 120 Å². The highest BCUT2D eigenvalue weighted by Crippen LogP contribution is 2.40. The van der Waals surface area contributed by atoms with E-state index in [1.54, 1.807) is 0 Å². The molecule has 2 aliphatic rings. The van der Waals surface area contributed by atoms with Gasteiger partial charge in [0.15, 0.2) is 5.78 Å². The van der Waals surface area contributed by atoms with Crippen LogP contribution in [0.15, 0.2) is 18.2 Å². The summed E-state index contributed by atoms with van der Waals surface area (Å²) in [7, 11) is 0. The number of ketones is 1. The molecule has 1 aliphatic heterocycles. The summed E-state index contributed by atoms with van der Waals surface area (Å²) in [6, 6.07) is 4.72. The number of carbonyl (C=O) groups excluding carboxylic acids is 1. The van der Waals surface area contributed by atoms with Crippen molar-refractivity contribution in [2.75, 3.05) is 13.1 Å². The number of Topliss-reactive ketones (excluding diaryl/α,β-unsaturated/α-hetero) is 1. The molecule has 0 unspecified atom stereocenters. The van der Waals surface area contributed by atoms with Crippen LogP contribution in [-0.2, 0) is 0 Å². The molecule has 0 amide bonds. The Balaban J connectivity index is 1.96. The van der Waals surface area contributed by atoms with Crippen LogP contribution in [0.3, 0.4) is 0 Å². The van der Waals surface area contributed by atoms with E-state index in [4.69, 9.17) is 0 Å². The van der Waals surface area contributed by atoms with E-state index in [0.717, 1.165) is 44.3 Å². The molecule has 1 aromatic rings. The molecule has 0 radical (unpaired) electrons. The summed E-state index contributed by atoms with van der Waals surface area (Å²) in [5.41, 5.74) is 1.02. The smallest absolute Gasteiger partial charge is 0.183 e. The number of rotatable bonds is 3.